The Balaban J connectivity index is 2.43. The van der Waals surface area contributed by atoms with E-state index >= 15 is 0 Å². The Labute approximate surface area is 82.6 Å². The lowest BCUT2D eigenvalue weighted by Gasteiger charge is -1.85. The minimum atomic E-state index is 0.882. The molecule has 0 radical (unpaired) electrons. The molecule has 0 fully saturated rings. The number of halogens is 1. The third kappa shape index (κ3) is 1.38. The number of aryl methyl sites for hydroxylation is 1. The molecule has 0 spiro atoms. The molecule has 2 aromatic heterocycles. The fourth-order valence-electron chi connectivity index (χ4n) is 1.10. The van der Waals surface area contributed by atoms with Crippen LogP contribution in [0.25, 0.3) is 4.96 Å². The molecule has 0 aliphatic rings. The number of rotatable bonds is 2. The van der Waals surface area contributed by atoms with E-state index in [1.54, 1.807) is 11.3 Å². The molecule has 2 aromatic rings. The van der Waals surface area contributed by atoms with E-state index in [0.717, 1.165) is 27.4 Å². The molecule has 0 atom stereocenters. The number of hydrogen-bond acceptors (Lipinski definition) is 3. The predicted octanol–water partition coefficient (Wildman–Crippen LogP) is 2.51. The zero-order valence-corrected chi connectivity index (χ0v) is 9.02. The van der Waals surface area contributed by atoms with Crippen molar-refractivity contribution in [2.24, 2.45) is 0 Å². The molecule has 3 nitrogen and oxygen atoms in total. The molecule has 0 aliphatic carbocycles. The Bertz CT molecular complexity index is 361. The molecule has 2 heterocycles. The van der Waals surface area contributed by atoms with E-state index in [4.69, 9.17) is 0 Å². The quantitative estimate of drug-likeness (QED) is 0.814. The van der Waals surface area contributed by atoms with Gasteiger partial charge in [-0.15, -0.1) is 5.10 Å². The monoisotopic (exact) mass is 245 g/mol. The van der Waals surface area contributed by atoms with E-state index in [2.05, 4.69) is 32.9 Å². The first-order chi connectivity index (χ1) is 5.79. The van der Waals surface area contributed by atoms with Gasteiger partial charge in [-0.2, -0.15) is 0 Å². The van der Waals surface area contributed by atoms with Gasteiger partial charge in [-0.05, 0) is 22.4 Å². The molecule has 0 saturated heterocycles. The van der Waals surface area contributed by atoms with Crippen molar-refractivity contribution in [3.63, 3.8) is 0 Å². The largest absolute Gasteiger partial charge is 0.223 e. The van der Waals surface area contributed by atoms with Crippen LogP contribution in [-0.2, 0) is 6.42 Å². The van der Waals surface area contributed by atoms with Crippen LogP contribution < -0.4 is 0 Å². The molecule has 5 heteroatoms. The number of fused-ring (bicyclic) bond motifs is 1. The van der Waals surface area contributed by atoms with E-state index in [0.29, 0.717) is 0 Å². The van der Waals surface area contributed by atoms with Gasteiger partial charge in [0.2, 0.25) is 4.96 Å². The minimum absolute atomic E-state index is 0.882. The number of hydrogen-bond donors (Lipinski definition) is 0. The first-order valence-electron chi connectivity index (χ1n) is 3.80. The normalized spacial score (nSPS) is 11.2. The highest BCUT2D eigenvalue weighted by molar-refractivity contribution is 9.11. The molecule has 0 aliphatic heterocycles. The highest BCUT2D eigenvalue weighted by Gasteiger charge is 2.04. The Morgan fingerprint density at radius 1 is 1.67 bits per heavy atom. The molecule has 12 heavy (non-hydrogen) atoms. The van der Waals surface area contributed by atoms with Crippen molar-refractivity contribution in [3.8, 4) is 0 Å². The summed E-state index contributed by atoms with van der Waals surface area (Å²) in [5, 5.41) is 4.21. The second-order valence-corrected chi connectivity index (χ2v) is 4.80. The molecule has 64 valence electrons. The maximum absolute atomic E-state index is 4.41. The van der Waals surface area contributed by atoms with Crippen molar-refractivity contribution in [1.82, 2.24) is 14.6 Å². The van der Waals surface area contributed by atoms with E-state index in [1.807, 2.05) is 10.7 Å². The van der Waals surface area contributed by atoms with Gasteiger partial charge >= 0.3 is 0 Å². The molecule has 0 saturated carbocycles. The van der Waals surface area contributed by atoms with Gasteiger partial charge in [0.15, 0.2) is 3.92 Å². The molecular formula is C7H8BrN3S. The molecule has 0 bridgehead atoms. The summed E-state index contributed by atoms with van der Waals surface area (Å²) in [6.07, 6.45) is 4.15. The van der Waals surface area contributed by atoms with Crippen LogP contribution in [0.4, 0.5) is 0 Å². The minimum Gasteiger partial charge on any atom is -0.223 e. The van der Waals surface area contributed by atoms with Gasteiger partial charge in [-0.1, -0.05) is 24.7 Å². The van der Waals surface area contributed by atoms with Crippen molar-refractivity contribution in [3.05, 3.63) is 15.8 Å². The molecule has 0 unspecified atom stereocenters. The summed E-state index contributed by atoms with van der Waals surface area (Å²) in [5.41, 5.74) is 1.13. The van der Waals surface area contributed by atoms with Gasteiger partial charge in [0.05, 0.1) is 11.9 Å². The third-order valence-corrected chi connectivity index (χ3v) is 2.93. The molecule has 0 N–H and O–H groups in total. The van der Waals surface area contributed by atoms with Gasteiger partial charge in [0, 0.05) is 0 Å². The number of imidazole rings is 1. The predicted molar refractivity (Wildman–Crippen MR) is 52.6 cm³/mol. The smallest absolute Gasteiger partial charge is 0.213 e. The summed E-state index contributed by atoms with van der Waals surface area (Å²) in [6, 6.07) is 0. The van der Waals surface area contributed by atoms with Crippen LogP contribution in [0.2, 0.25) is 0 Å². The highest BCUT2D eigenvalue weighted by Crippen LogP contribution is 2.19. The van der Waals surface area contributed by atoms with E-state index in [9.17, 15) is 0 Å². The van der Waals surface area contributed by atoms with Crippen molar-refractivity contribution in [2.45, 2.75) is 19.8 Å². The standard InChI is InChI=1S/C7H8BrN3S/c1-2-3-5-4-11-7(9-5)12-6(8)10-11/h4H,2-3H2,1H3. The van der Waals surface area contributed by atoms with Crippen LogP contribution >= 0.6 is 27.3 Å². The Morgan fingerprint density at radius 2 is 2.50 bits per heavy atom. The zero-order chi connectivity index (χ0) is 8.55. The summed E-state index contributed by atoms with van der Waals surface area (Å²) in [5.74, 6) is 0. The van der Waals surface area contributed by atoms with Gasteiger partial charge in [0.25, 0.3) is 0 Å². The number of nitrogens with zero attached hydrogens (tertiary/aromatic N) is 3. The third-order valence-electron chi connectivity index (χ3n) is 1.57. The molecular weight excluding hydrogens is 238 g/mol. The lowest BCUT2D eigenvalue weighted by molar-refractivity contribution is 0.885. The summed E-state index contributed by atoms with van der Waals surface area (Å²) in [4.78, 5) is 5.38. The summed E-state index contributed by atoms with van der Waals surface area (Å²) in [7, 11) is 0. The SMILES string of the molecule is CCCc1cn2nc(Br)sc2n1. The van der Waals surface area contributed by atoms with Gasteiger partial charge in [-0.25, -0.2) is 9.50 Å². The van der Waals surface area contributed by atoms with Crippen molar-refractivity contribution in [1.29, 1.82) is 0 Å². The van der Waals surface area contributed by atoms with Crippen LogP contribution in [-0.4, -0.2) is 14.6 Å². The zero-order valence-electron chi connectivity index (χ0n) is 6.62. The molecule has 0 amide bonds. The van der Waals surface area contributed by atoms with Crippen molar-refractivity contribution in [2.75, 3.05) is 0 Å². The van der Waals surface area contributed by atoms with Crippen molar-refractivity contribution < 1.29 is 0 Å². The first kappa shape index (κ1) is 8.19. The Morgan fingerprint density at radius 3 is 3.17 bits per heavy atom. The summed E-state index contributed by atoms with van der Waals surface area (Å²) >= 11 is 4.87. The fourth-order valence-corrected chi connectivity index (χ4v) is 2.33. The average molecular weight is 246 g/mol. The van der Waals surface area contributed by atoms with Gasteiger partial charge in [0.1, 0.15) is 0 Å². The van der Waals surface area contributed by atoms with Crippen LogP contribution in [0.1, 0.15) is 19.0 Å². The number of aromatic nitrogens is 3. The van der Waals surface area contributed by atoms with Crippen LogP contribution in [0, 0.1) is 0 Å². The Kier molecular flexibility index (Phi) is 2.14. The van der Waals surface area contributed by atoms with Gasteiger partial charge < -0.3 is 0 Å². The lowest BCUT2D eigenvalue weighted by atomic mass is 10.3. The fraction of sp³-hybridized carbons (Fsp3) is 0.429. The van der Waals surface area contributed by atoms with Crippen LogP contribution in [0.15, 0.2) is 10.1 Å². The maximum Gasteiger partial charge on any atom is 0.213 e. The average Bonchev–Trinajstić information content (AvgIpc) is 2.44. The second kappa shape index (κ2) is 3.14. The maximum atomic E-state index is 4.41. The lowest BCUT2D eigenvalue weighted by Crippen LogP contribution is -1.81. The Hall–Kier alpha value is -0.420. The summed E-state index contributed by atoms with van der Waals surface area (Å²) < 4.78 is 2.70. The van der Waals surface area contributed by atoms with Crippen LogP contribution in [0.5, 0.6) is 0 Å². The highest BCUT2D eigenvalue weighted by atomic mass is 79.9. The summed E-state index contributed by atoms with van der Waals surface area (Å²) in [6.45, 7) is 2.15. The van der Waals surface area contributed by atoms with E-state index in [1.165, 1.54) is 0 Å². The second-order valence-electron chi connectivity index (χ2n) is 2.56. The van der Waals surface area contributed by atoms with Crippen LogP contribution in [0.3, 0.4) is 0 Å². The first-order valence-corrected chi connectivity index (χ1v) is 5.41. The van der Waals surface area contributed by atoms with Crippen molar-refractivity contribution >= 4 is 32.2 Å². The van der Waals surface area contributed by atoms with E-state index in [-0.39, 0.29) is 0 Å². The van der Waals surface area contributed by atoms with Gasteiger partial charge in [-0.3, -0.25) is 0 Å². The molecule has 2 rings (SSSR count). The topological polar surface area (TPSA) is 30.2 Å². The van der Waals surface area contributed by atoms with E-state index < -0.39 is 0 Å². The molecule has 0 aromatic carbocycles.